The first-order valence-electron chi connectivity index (χ1n) is 11.4. The van der Waals surface area contributed by atoms with Gasteiger partial charge >= 0.3 is 0 Å². The van der Waals surface area contributed by atoms with Crippen LogP contribution in [-0.2, 0) is 9.59 Å². The molecular formula is C28H26N2O3. The molecule has 2 fully saturated rings. The summed E-state index contributed by atoms with van der Waals surface area (Å²) in [5.74, 6) is -0.744. The highest BCUT2D eigenvalue weighted by Crippen LogP contribution is 2.45. The Bertz CT molecular complexity index is 1200. The molecule has 2 aliphatic rings. The number of hydrogen-bond donors (Lipinski definition) is 1. The normalized spacial score (nSPS) is 22.2. The quantitative estimate of drug-likeness (QED) is 0.561. The number of nitrogens with zero attached hydrogens (tertiary/aromatic N) is 1. The van der Waals surface area contributed by atoms with E-state index in [1.54, 1.807) is 36.4 Å². The first kappa shape index (κ1) is 21.1. The van der Waals surface area contributed by atoms with Crippen molar-refractivity contribution in [1.82, 2.24) is 0 Å². The average molecular weight is 439 g/mol. The third-order valence-corrected chi connectivity index (χ3v) is 6.87. The summed E-state index contributed by atoms with van der Waals surface area (Å²) in [6, 6.07) is 24.5. The van der Waals surface area contributed by atoms with Crippen LogP contribution >= 0.6 is 0 Å². The minimum Gasteiger partial charge on any atom is -0.322 e. The second-order valence-corrected chi connectivity index (χ2v) is 9.02. The monoisotopic (exact) mass is 438 g/mol. The highest BCUT2D eigenvalue weighted by molar-refractivity contribution is 6.22. The lowest BCUT2D eigenvalue weighted by Gasteiger charge is -2.28. The van der Waals surface area contributed by atoms with Crippen LogP contribution in [0.4, 0.5) is 11.4 Å². The summed E-state index contributed by atoms with van der Waals surface area (Å²) in [7, 11) is 0. The van der Waals surface area contributed by atoms with Gasteiger partial charge in [0.15, 0.2) is 0 Å². The SMILES string of the molecule is Cc1ccc(C(=O)Nc2cccc(N3C(=O)C4CCC(c5ccccc5)CC4C3=O)c2)cc1. The summed E-state index contributed by atoms with van der Waals surface area (Å²) in [5, 5.41) is 2.87. The fourth-order valence-corrected chi connectivity index (χ4v) is 5.09. The van der Waals surface area contributed by atoms with E-state index in [0.29, 0.717) is 29.3 Å². The second kappa shape index (κ2) is 8.66. The predicted molar refractivity (Wildman–Crippen MR) is 128 cm³/mol. The number of aryl methyl sites for hydroxylation is 1. The van der Waals surface area contributed by atoms with E-state index in [1.807, 2.05) is 37.3 Å². The molecule has 5 heteroatoms. The van der Waals surface area contributed by atoms with E-state index in [9.17, 15) is 14.4 Å². The van der Waals surface area contributed by atoms with E-state index in [0.717, 1.165) is 18.4 Å². The molecule has 0 radical (unpaired) electrons. The van der Waals surface area contributed by atoms with Crippen LogP contribution in [0.15, 0.2) is 78.9 Å². The van der Waals surface area contributed by atoms with E-state index in [1.165, 1.54) is 10.5 Å². The Hall–Kier alpha value is -3.73. The highest BCUT2D eigenvalue weighted by atomic mass is 16.2. The van der Waals surface area contributed by atoms with Gasteiger partial charge in [-0.25, -0.2) is 4.90 Å². The van der Waals surface area contributed by atoms with Crippen LogP contribution in [0.2, 0.25) is 0 Å². The minimum atomic E-state index is -0.290. The van der Waals surface area contributed by atoms with Gasteiger partial charge in [0.1, 0.15) is 0 Å². The van der Waals surface area contributed by atoms with Crippen molar-refractivity contribution in [3.05, 3.63) is 95.6 Å². The molecule has 3 aromatic carbocycles. The first-order chi connectivity index (χ1) is 16.0. The summed E-state index contributed by atoms with van der Waals surface area (Å²) in [6.45, 7) is 1.97. The Morgan fingerprint density at radius 3 is 2.33 bits per heavy atom. The van der Waals surface area contributed by atoms with Crippen LogP contribution in [0.3, 0.4) is 0 Å². The van der Waals surface area contributed by atoms with Crippen molar-refractivity contribution in [3.63, 3.8) is 0 Å². The van der Waals surface area contributed by atoms with Crippen LogP contribution in [0.25, 0.3) is 0 Å². The van der Waals surface area contributed by atoms with E-state index in [-0.39, 0.29) is 29.6 Å². The fraction of sp³-hybridized carbons (Fsp3) is 0.250. The summed E-state index contributed by atoms with van der Waals surface area (Å²) < 4.78 is 0. The Morgan fingerprint density at radius 1 is 0.848 bits per heavy atom. The van der Waals surface area contributed by atoms with Gasteiger partial charge in [0.25, 0.3) is 5.91 Å². The minimum absolute atomic E-state index is 0.126. The van der Waals surface area contributed by atoms with Gasteiger partial charge in [-0.1, -0.05) is 54.1 Å². The Kier molecular flexibility index (Phi) is 5.55. The van der Waals surface area contributed by atoms with Crippen molar-refractivity contribution < 1.29 is 14.4 Å². The van der Waals surface area contributed by atoms with Crippen LogP contribution in [0.5, 0.6) is 0 Å². The van der Waals surface area contributed by atoms with Gasteiger partial charge in [-0.15, -0.1) is 0 Å². The van der Waals surface area contributed by atoms with Crippen molar-refractivity contribution >= 4 is 29.1 Å². The number of carbonyl (C=O) groups is 3. The van der Waals surface area contributed by atoms with Gasteiger partial charge in [0.2, 0.25) is 11.8 Å². The zero-order valence-electron chi connectivity index (χ0n) is 18.5. The summed E-state index contributed by atoms with van der Waals surface area (Å²) >= 11 is 0. The number of fused-ring (bicyclic) bond motifs is 1. The maximum atomic E-state index is 13.3. The van der Waals surface area contributed by atoms with Crippen molar-refractivity contribution in [3.8, 4) is 0 Å². The molecule has 1 heterocycles. The third kappa shape index (κ3) is 4.07. The van der Waals surface area contributed by atoms with Crippen LogP contribution < -0.4 is 10.2 Å². The number of rotatable bonds is 4. The zero-order valence-corrected chi connectivity index (χ0v) is 18.5. The molecule has 1 saturated carbocycles. The van der Waals surface area contributed by atoms with E-state index >= 15 is 0 Å². The van der Waals surface area contributed by atoms with E-state index < -0.39 is 0 Å². The van der Waals surface area contributed by atoms with Crippen molar-refractivity contribution in [2.24, 2.45) is 11.8 Å². The smallest absolute Gasteiger partial charge is 0.255 e. The molecule has 1 saturated heterocycles. The molecule has 5 nitrogen and oxygen atoms in total. The predicted octanol–water partition coefficient (Wildman–Crippen LogP) is 5.32. The maximum absolute atomic E-state index is 13.3. The molecule has 0 aromatic heterocycles. The number of anilines is 2. The Morgan fingerprint density at radius 2 is 1.58 bits per heavy atom. The summed E-state index contributed by atoms with van der Waals surface area (Å²) in [5.41, 5.74) is 3.93. The highest BCUT2D eigenvalue weighted by Gasteiger charge is 2.50. The van der Waals surface area contributed by atoms with Gasteiger partial charge in [-0.3, -0.25) is 14.4 Å². The van der Waals surface area contributed by atoms with Crippen molar-refractivity contribution in [2.75, 3.05) is 10.2 Å². The number of amides is 3. The molecular weight excluding hydrogens is 412 g/mol. The van der Waals surface area contributed by atoms with Crippen LogP contribution in [0.1, 0.15) is 46.7 Å². The molecule has 166 valence electrons. The number of hydrogen-bond acceptors (Lipinski definition) is 3. The summed E-state index contributed by atoms with van der Waals surface area (Å²) in [6.07, 6.45) is 2.32. The average Bonchev–Trinajstić information content (AvgIpc) is 3.09. The number of imide groups is 1. The van der Waals surface area contributed by atoms with Crippen LogP contribution in [0, 0.1) is 18.8 Å². The van der Waals surface area contributed by atoms with Gasteiger partial charge in [-0.05, 0) is 68.0 Å². The molecule has 1 N–H and O–H groups in total. The molecule has 0 bridgehead atoms. The van der Waals surface area contributed by atoms with Gasteiger partial charge in [-0.2, -0.15) is 0 Å². The van der Waals surface area contributed by atoms with Gasteiger partial charge in [0, 0.05) is 11.3 Å². The number of carbonyl (C=O) groups excluding carboxylic acids is 3. The van der Waals surface area contributed by atoms with Crippen molar-refractivity contribution in [1.29, 1.82) is 0 Å². The molecule has 1 aliphatic carbocycles. The van der Waals surface area contributed by atoms with E-state index in [2.05, 4.69) is 17.4 Å². The largest absolute Gasteiger partial charge is 0.322 e. The molecule has 1 aliphatic heterocycles. The van der Waals surface area contributed by atoms with Gasteiger partial charge in [0.05, 0.1) is 17.5 Å². The molecule has 5 rings (SSSR count). The second-order valence-electron chi connectivity index (χ2n) is 9.02. The molecule has 0 spiro atoms. The van der Waals surface area contributed by atoms with Crippen molar-refractivity contribution in [2.45, 2.75) is 32.1 Å². The Balaban J connectivity index is 1.34. The first-order valence-corrected chi connectivity index (χ1v) is 11.4. The standard InChI is InChI=1S/C28H26N2O3/c1-18-10-12-20(13-11-18)26(31)29-22-8-5-9-23(17-22)30-27(32)24-15-14-21(16-25(24)28(30)33)19-6-3-2-4-7-19/h2-13,17,21,24-25H,14-16H2,1H3,(H,29,31). The molecule has 33 heavy (non-hydrogen) atoms. The lowest BCUT2D eigenvalue weighted by Crippen LogP contribution is -2.31. The molecule has 3 amide bonds. The summed E-state index contributed by atoms with van der Waals surface area (Å²) in [4.78, 5) is 40.5. The van der Waals surface area contributed by atoms with E-state index in [4.69, 9.17) is 0 Å². The third-order valence-electron chi connectivity index (χ3n) is 6.87. The van der Waals surface area contributed by atoms with Gasteiger partial charge < -0.3 is 5.32 Å². The molecule has 3 aromatic rings. The maximum Gasteiger partial charge on any atom is 0.255 e. The number of benzene rings is 3. The lowest BCUT2D eigenvalue weighted by molar-refractivity contribution is -0.122. The number of nitrogens with one attached hydrogen (secondary N) is 1. The fourth-order valence-electron chi connectivity index (χ4n) is 5.09. The molecule has 3 atom stereocenters. The Labute approximate surface area is 193 Å². The lowest BCUT2D eigenvalue weighted by atomic mass is 9.73. The van der Waals surface area contributed by atoms with Crippen LogP contribution in [-0.4, -0.2) is 17.7 Å². The molecule has 3 unspecified atom stereocenters. The topological polar surface area (TPSA) is 66.5 Å². The zero-order chi connectivity index (χ0) is 22.9.